The van der Waals surface area contributed by atoms with Gasteiger partial charge in [-0.1, -0.05) is 24.3 Å². The van der Waals surface area contributed by atoms with E-state index in [1.165, 1.54) is 11.1 Å². The lowest BCUT2D eigenvalue weighted by Crippen LogP contribution is -1.93. The van der Waals surface area contributed by atoms with Gasteiger partial charge >= 0.3 is 0 Å². The van der Waals surface area contributed by atoms with Gasteiger partial charge in [0.15, 0.2) is 5.65 Å². The van der Waals surface area contributed by atoms with Crippen LogP contribution in [0.4, 0.5) is 5.82 Å². The topological polar surface area (TPSA) is 67.6 Å². The molecule has 3 rings (SSSR count). The Morgan fingerprint density at radius 1 is 1.11 bits per heavy atom. The number of aromatic amines is 1. The molecule has 1 aromatic carbocycles. The maximum absolute atomic E-state index is 5.64. The molecule has 4 nitrogen and oxygen atoms in total. The van der Waals surface area contributed by atoms with Gasteiger partial charge in [-0.15, -0.1) is 0 Å². The van der Waals surface area contributed by atoms with Crippen LogP contribution in [-0.4, -0.2) is 15.0 Å². The number of rotatable bonds is 2. The first kappa shape index (κ1) is 10.8. The van der Waals surface area contributed by atoms with Crippen molar-refractivity contribution in [1.29, 1.82) is 0 Å². The Kier molecular flexibility index (Phi) is 2.48. The summed E-state index contributed by atoms with van der Waals surface area (Å²) in [7, 11) is 0. The number of fused-ring (bicyclic) bond motifs is 1. The number of nitrogens with two attached hydrogens (primary N) is 1. The van der Waals surface area contributed by atoms with Crippen molar-refractivity contribution in [3.8, 4) is 0 Å². The molecule has 3 N–H and O–H groups in total. The summed E-state index contributed by atoms with van der Waals surface area (Å²) >= 11 is 0. The summed E-state index contributed by atoms with van der Waals surface area (Å²) in [6, 6.07) is 12.0. The molecule has 90 valence electrons. The molecule has 0 saturated heterocycles. The van der Waals surface area contributed by atoms with Gasteiger partial charge in [0, 0.05) is 6.42 Å². The molecule has 0 radical (unpaired) electrons. The maximum Gasteiger partial charge on any atom is 0.179 e. The average Bonchev–Trinajstić information content (AvgIpc) is 2.73. The predicted octanol–water partition coefficient (Wildman–Crippen LogP) is 2.44. The van der Waals surface area contributed by atoms with Crippen LogP contribution in [0.3, 0.4) is 0 Å². The standard InChI is InChI=1S/C14H14N4/c1-9-4-2-3-5-10(9)8-13-16-11-6-7-12(15)17-14(11)18-13/h2-7H,8H2,1H3,(H3,15,16,17,18). The lowest BCUT2D eigenvalue weighted by Gasteiger charge is -2.02. The zero-order valence-electron chi connectivity index (χ0n) is 10.1. The summed E-state index contributed by atoms with van der Waals surface area (Å²) in [4.78, 5) is 11.9. The van der Waals surface area contributed by atoms with Gasteiger partial charge < -0.3 is 10.7 Å². The Balaban J connectivity index is 1.98. The average molecular weight is 238 g/mol. The van der Waals surface area contributed by atoms with Gasteiger partial charge in [0.25, 0.3) is 0 Å². The van der Waals surface area contributed by atoms with Crippen LogP contribution in [0, 0.1) is 6.92 Å². The molecule has 0 fully saturated rings. The third kappa shape index (κ3) is 1.93. The molecular weight excluding hydrogens is 224 g/mol. The molecular formula is C14H14N4. The highest BCUT2D eigenvalue weighted by atomic mass is 15.0. The van der Waals surface area contributed by atoms with Crippen molar-refractivity contribution in [2.45, 2.75) is 13.3 Å². The zero-order chi connectivity index (χ0) is 12.5. The van der Waals surface area contributed by atoms with Gasteiger partial charge in [0.1, 0.15) is 11.6 Å². The SMILES string of the molecule is Cc1ccccc1Cc1nc2nc(N)ccc2[nH]1. The van der Waals surface area contributed by atoms with Gasteiger partial charge in [-0.05, 0) is 30.2 Å². The Morgan fingerprint density at radius 2 is 1.94 bits per heavy atom. The maximum atomic E-state index is 5.64. The smallest absolute Gasteiger partial charge is 0.179 e. The molecule has 0 aliphatic rings. The second-order valence-corrected chi connectivity index (χ2v) is 4.39. The Labute approximate surface area is 105 Å². The minimum atomic E-state index is 0.497. The number of hydrogen-bond donors (Lipinski definition) is 2. The van der Waals surface area contributed by atoms with Gasteiger partial charge in [0.2, 0.25) is 0 Å². The van der Waals surface area contributed by atoms with Crippen LogP contribution >= 0.6 is 0 Å². The van der Waals surface area contributed by atoms with Gasteiger partial charge in [-0.25, -0.2) is 9.97 Å². The summed E-state index contributed by atoms with van der Waals surface area (Å²) < 4.78 is 0. The van der Waals surface area contributed by atoms with Gasteiger partial charge in [-0.2, -0.15) is 0 Å². The number of benzene rings is 1. The number of aryl methyl sites for hydroxylation is 1. The molecule has 18 heavy (non-hydrogen) atoms. The number of imidazole rings is 1. The summed E-state index contributed by atoms with van der Waals surface area (Å²) in [5.74, 6) is 1.41. The van der Waals surface area contributed by atoms with Crippen LogP contribution in [0.15, 0.2) is 36.4 Å². The molecule has 2 heterocycles. The van der Waals surface area contributed by atoms with E-state index in [-0.39, 0.29) is 0 Å². The van der Waals surface area contributed by atoms with Crippen molar-refractivity contribution < 1.29 is 0 Å². The van der Waals surface area contributed by atoms with E-state index in [0.29, 0.717) is 11.5 Å². The highest BCUT2D eigenvalue weighted by Gasteiger charge is 2.06. The Morgan fingerprint density at radius 3 is 2.78 bits per heavy atom. The fraction of sp³-hybridized carbons (Fsp3) is 0.143. The zero-order valence-corrected chi connectivity index (χ0v) is 10.1. The number of hydrogen-bond acceptors (Lipinski definition) is 3. The summed E-state index contributed by atoms with van der Waals surface area (Å²) in [5, 5.41) is 0. The fourth-order valence-corrected chi connectivity index (χ4v) is 2.03. The van der Waals surface area contributed by atoms with E-state index < -0.39 is 0 Å². The lowest BCUT2D eigenvalue weighted by molar-refractivity contribution is 1.02. The number of anilines is 1. The monoisotopic (exact) mass is 238 g/mol. The van der Waals surface area contributed by atoms with E-state index in [2.05, 4.69) is 34.0 Å². The van der Waals surface area contributed by atoms with E-state index in [4.69, 9.17) is 5.73 Å². The van der Waals surface area contributed by atoms with E-state index in [1.54, 1.807) is 6.07 Å². The van der Waals surface area contributed by atoms with Crippen LogP contribution in [0.25, 0.3) is 11.2 Å². The van der Waals surface area contributed by atoms with Crippen LogP contribution in [0.2, 0.25) is 0 Å². The molecule has 0 bridgehead atoms. The normalized spacial score (nSPS) is 10.9. The second kappa shape index (κ2) is 4.14. The molecule has 4 heteroatoms. The third-order valence-electron chi connectivity index (χ3n) is 3.04. The van der Waals surface area contributed by atoms with E-state index in [9.17, 15) is 0 Å². The van der Waals surface area contributed by atoms with E-state index >= 15 is 0 Å². The number of nitrogens with one attached hydrogen (secondary N) is 1. The van der Waals surface area contributed by atoms with Crippen molar-refractivity contribution in [2.75, 3.05) is 5.73 Å². The summed E-state index contributed by atoms with van der Waals surface area (Å²) in [5.41, 5.74) is 9.78. The summed E-state index contributed by atoms with van der Waals surface area (Å²) in [6.45, 7) is 2.11. The molecule has 0 amide bonds. The predicted molar refractivity (Wildman–Crippen MR) is 72.3 cm³/mol. The fourth-order valence-electron chi connectivity index (χ4n) is 2.03. The van der Waals surface area contributed by atoms with Crippen molar-refractivity contribution in [1.82, 2.24) is 15.0 Å². The van der Waals surface area contributed by atoms with Crippen LogP contribution in [-0.2, 0) is 6.42 Å². The first-order valence-corrected chi connectivity index (χ1v) is 5.88. The minimum absolute atomic E-state index is 0.497. The molecule has 0 aliphatic heterocycles. The molecule has 0 atom stereocenters. The van der Waals surface area contributed by atoms with Gasteiger partial charge in [0.05, 0.1) is 5.52 Å². The van der Waals surface area contributed by atoms with Gasteiger partial charge in [-0.3, -0.25) is 0 Å². The number of H-pyrrole nitrogens is 1. The first-order chi connectivity index (χ1) is 8.72. The highest BCUT2D eigenvalue weighted by molar-refractivity contribution is 5.72. The minimum Gasteiger partial charge on any atom is -0.384 e. The van der Waals surface area contributed by atoms with E-state index in [1.807, 2.05) is 18.2 Å². The highest BCUT2D eigenvalue weighted by Crippen LogP contribution is 2.15. The molecule has 0 saturated carbocycles. The molecule has 0 aliphatic carbocycles. The molecule has 3 aromatic rings. The Hall–Kier alpha value is -2.36. The van der Waals surface area contributed by atoms with Crippen LogP contribution in [0.5, 0.6) is 0 Å². The lowest BCUT2D eigenvalue weighted by atomic mass is 10.1. The number of pyridine rings is 1. The first-order valence-electron chi connectivity index (χ1n) is 5.88. The van der Waals surface area contributed by atoms with Crippen molar-refractivity contribution in [3.63, 3.8) is 0 Å². The second-order valence-electron chi connectivity index (χ2n) is 4.39. The third-order valence-corrected chi connectivity index (χ3v) is 3.04. The van der Waals surface area contributed by atoms with Crippen molar-refractivity contribution in [2.24, 2.45) is 0 Å². The Bertz CT molecular complexity index is 700. The summed E-state index contributed by atoms with van der Waals surface area (Å²) in [6.07, 6.45) is 0.781. The molecule has 0 unspecified atom stereocenters. The van der Waals surface area contributed by atoms with Crippen molar-refractivity contribution >= 4 is 17.0 Å². The number of nitrogens with zero attached hydrogens (tertiary/aromatic N) is 2. The van der Waals surface area contributed by atoms with Crippen LogP contribution in [0.1, 0.15) is 17.0 Å². The van der Waals surface area contributed by atoms with E-state index in [0.717, 1.165) is 17.8 Å². The quantitative estimate of drug-likeness (QED) is 0.720. The molecule has 2 aromatic heterocycles. The molecule has 0 spiro atoms. The van der Waals surface area contributed by atoms with Crippen molar-refractivity contribution in [3.05, 3.63) is 53.3 Å². The number of aromatic nitrogens is 3. The largest absolute Gasteiger partial charge is 0.384 e. The van der Waals surface area contributed by atoms with Crippen LogP contribution < -0.4 is 5.73 Å². The number of nitrogen functional groups attached to an aromatic ring is 1.